The second kappa shape index (κ2) is 7.03. The Balaban J connectivity index is 2.01. The van der Waals surface area contributed by atoms with Gasteiger partial charge in [0.1, 0.15) is 0 Å². The molecule has 2 heterocycles. The number of aryl methyl sites for hydroxylation is 1. The molecule has 2 aromatic carbocycles. The van der Waals surface area contributed by atoms with Gasteiger partial charge in [-0.05, 0) is 31.7 Å². The predicted molar refractivity (Wildman–Crippen MR) is 109 cm³/mol. The molecular weight excluding hydrogens is 336 g/mol. The zero-order valence-corrected chi connectivity index (χ0v) is 15.8. The first-order valence-electron chi connectivity index (χ1n) is 9.52. The van der Waals surface area contributed by atoms with E-state index in [1.165, 1.54) is 5.56 Å². The molecule has 1 aliphatic heterocycles. The van der Waals surface area contributed by atoms with Gasteiger partial charge in [0.15, 0.2) is 0 Å². The molecule has 0 radical (unpaired) electrons. The van der Waals surface area contributed by atoms with E-state index in [9.17, 15) is 9.90 Å². The predicted octanol–water partition coefficient (Wildman–Crippen LogP) is 5.14. The van der Waals surface area contributed by atoms with Gasteiger partial charge in [-0.1, -0.05) is 55.0 Å². The lowest BCUT2D eigenvalue weighted by Gasteiger charge is -2.34. The highest BCUT2D eigenvalue weighted by Crippen LogP contribution is 2.38. The number of piperidine rings is 1. The number of para-hydroxylation sites is 1. The van der Waals surface area contributed by atoms with Crippen molar-refractivity contribution in [3.8, 4) is 11.3 Å². The number of aromatic nitrogens is 1. The van der Waals surface area contributed by atoms with Crippen molar-refractivity contribution in [2.45, 2.75) is 26.7 Å². The molecule has 0 saturated carbocycles. The van der Waals surface area contributed by atoms with Gasteiger partial charge >= 0.3 is 5.97 Å². The van der Waals surface area contributed by atoms with Crippen molar-refractivity contribution in [1.29, 1.82) is 0 Å². The summed E-state index contributed by atoms with van der Waals surface area (Å²) in [7, 11) is 0. The number of rotatable bonds is 3. The van der Waals surface area contributed by atoms with Gasteiger partial charge in [0.25, 0.3) is 0 Å². The van der Waals surface area contributed by atoms with Crippen LogP contribution in [-0.2, 0) is 0 Å². The summed E-state index contributed by atoms with van der Waals surface area (Å²) in [6, 6.07) is 15.7. The van der Waals surface area contributed by atoms with Crippen LogP contribution in [-0.4, -0.2) is 29.1 Å². The zero-order valence-electron chi connectivity index (χ0n) is 15.8. The average Bonchev–Trinajstić information content (AvgIpc) is 2.67. The Labute approximate surface area is 159 Å². The van der Waals surface area contributed by atoms with E-state index in [-0.39, 0.29) is 0 Å². The van der Waals surface area contributed by atoms with E-state index in [4.69, 9.17) is 4.98 Å². The second-order valence-electron chi connectivity index (χ2n) is 7.54. The lowest BCUT2D eigenvalue weighted by atomic mass is 9.95. The van der Waals surface area contributed by atoms with Crippen molar-refractivity contribution < 1.29 is 9.90 Å². The van der Waals surface area contributed by atoms with E-state index in [1.807, 2.05) is 43.3 Å². The molecule has 4 heteroatoms. The minimum atomic E-state index is -0.893. The van der Waals surface area contributed by atoms with Crippen LogP contribution in [0.1, 0.15) is 35.7 Å². The molecule has 0 unspecified atom stereocenters. The molecule has 0 spiro atoms. The first kappa shape index (κ1) is 17.5. The summed E-state index contributed by atoms with van der Waals surface area (Å²) < 4.78 is 0. The fraction of sp³-hybridized carbons (Fsp3) is 0.304. The van der Waals surface area contributed by atoms with Gasteiger partial charge in [-0.25, -0.2) is 9.78 Å². The van der Waals surface area contributed by atoms with Crippen molar-refractivity contribution in [3.63, 3.8) is 0 Å². The molecule has 1 saturated heterocycles. The van der Waals surface area contributed by atoms with Crippen LogP contribution < -0.4 is 4.90 Å². The van der Waals surface area contributed by atoms with Crippen molar-refractivity contribution >= 4 is 22.6 Å². The molecular formula is C23H24N2O2. The molecule has 27 heavy (non-hydrogen) atoms. The third-order valence-electron chi connectivity index (χ3n) is 5.51. The smallest absolute Gasteiger partial charge is 0.338 e. The Bertz CT molecular complexity index is 987. The van der Waals surface area contributed by atoms with Gasteiger partial charge in [-0.15, -0.1) is 0 Å². The third kappa shape index (κ3) is 3.27. The van der Waals surface area contributed by atoms with Gasteiger partial charge in [0.05, 0.1) is 22.5 Å². The van der Waals surface area contributed by atoms with Crippen molar-refractivity contribution in [2.24, 2.45) is 5.92 Å². The summed E-state index contributed by atoms with van der Waals surface area (Å²) in [6.45, 7) is 6.03. The Hall–Kier alpha value is -2.88. The summed E-state index contributed by atoms with van der Waals surface area (Å²) >= 11 is 0. The lowest BCUT2D eigenvalue weighted by molar-refractivity contribution is 0.0699. The highest BCUT2D eigenvalue weighted by Gasteiger charge is 2.27. The van der Waals surface area contributed by atoms with E-state index >= 15 is 0 Å². The molecule has 4 rings (SSSR count). The van der Waals surface area contributed by atoms with E-state index in [0.29, 0.717) is 16.9 Å². The molecule has 138 valence electrons. The standard InChI is InChI=1S/C23H24N2O2/c1-15-7-9-17(10-8-15)21-22(25-13-11-16(2)12-14-25)20(23(26)27)18-5-3-4-6-19(18)24-21/h3-10,16H,11-14H2,1-2H3,(H,26,27). The highest BCUT2D eigenvalue weighted by atomic mass is 16.4. The van der Waals surface area contributed by atoms with Crippen LogP contribution in [0, 0.1) is 12.8 Å². The zero-order chi connectivity index (χ0) is 19.0. The number of nitrogens with zero attached hydrogens (tertiary/aromatic N) is 2. The number of fused-ring (bicyclic) bond motifs is 1. The van der Waals surface area contributed by atoms with Crippen molar-refractivity contribution in [1.82, 2.24) is 4.98 Å². The van der Waals surface area contributed by atoms with Crippen LogP contribution >= 0.6 is 0 Å². The number of hydrogen-bond donors (Lipinski definition) is 1. The number of carbonyl (C=O) groups is 1. The molecule has 1 N–H and O–H groups in total. The number of carboxylic acid groups (broad SMARTS) is 1. The second-order valence-corrected chi connectivity index (χ2v) is 7.54. The number of aromatic carboxylic acids is 1. The van der Waals surface area contributed by atoms with E-state index in [1.54, 1.807) is 0 Å². The first-order chi connectivity index (χ1) is 13.0. The fourth-order valence-electron chi connectivity index (χ4n) is 3.87. The Kier molecular flexibility index (Phi) is 4.56. The maximum absolute atomic E-state index is 12.3. The van der Waals surface area contributed by atoms with Gasteiger partial charge in [-0.3, -0.25) is 0 Å². The van der Waals surface area contributed by atoms with Crippen LogP contribution in [0.5, 0.6) is 0 Å². The number of anilines is 1. The molecule has 3 aromatic rings. The van der Waals surface area contributed by atoms with E-state index < -0.39 is 5.97 Å². The quantitative estimate of drug-likeness (QED) is 0.702. The number of pyridine rings is 1. The van der Waals surface area contributed by atoms with Crippen LogP contribution in [0.15, 0.2) is 48.5 Å². The minimum absolute atomic E-state index is 0.366. The maximum atomic E-state index is 12.3. The first-order valence-corrected chi connectivity index (χ1v) is 9.52. The molecule has 0 bridgehead atoms. The summed E-state index contributed by atoms with van der Waals surface area (Å²) in [5.41, 5.74) is 4.75. The SMILES string of the molecule is Cc1ccc(-c2nc3ccccc3c(C(=O)O)c2N2CCC(C)CC2)cc1. The average molecular weight is 360 g/mol. The third-order valence-corrected chi connectivity index (χ3v) is 5.51. The molecule has 1 aromatic heterocycles. The van der Waals surface area contributed by atoms with E-state index in [2.05, 4.69) is 24.0 Å². The minimum Gasteiger partial charge on any atom is -0.478 e. The van der Waals surface area contributed by atoms with Crippen LogP contribution in [0.4, 0.5) is 5.69 Å². The van der Waals surface area contributed by atoms with Gasteiger partial charge < -0.3 is 10.0 Å². The normalized spacial score (nSPS) is 15.3. The van der Waals surface area contributed by atoms with Crippen LogP contribution in [0.2, 0.25) is 0 Å². The molecule has 0 atom stereocenters. The maximum Gasteiger partial charge on any atom is 0.338 e. The molecule has 1 aliphatic rings. The van der Waals surface area contributed by atoms with Crippen molar-refractivity contribution in [3.05, 3.63) is 59.7 Å². The largest absolute Gasteiger partial charge is 0.478 e. The number of carboxylic acids is 1. The van der Waals surface area contributed by atoms with Gasteiger partial charge in [0.2, 0.25) is 0 Å². The lowest BCUT2D eigenvalue weighted by Crippen LogP contribution is -2.34. The topological polar surface area (TPSA) is 53.4 Å². The molecule has 0 aliphatic carbocycles. The summed E-state index contributed by atoms with van der Waals surface area (Å²) in [4.78, 5) is 19.5. The van der Waals surface area contributed by atoms with Crippen LogP contribution in [0.3, 0.4) is 0 Å². The fourth-order valence-corrected chi connectivity index (χ4v) is 3.87. The summed E-state index contributed by atoms with van der Waals surface area (Å²) in [6.07, 6.45) is 2.14. The molecule has 1 fully saturated rings. The summed E-state index contributed by atoms with van der Waals surface area (Å²) in [5.74, 6) is -0.221. The number of hydrogen-bond acceptors (Lipinski definition) is 3. The summed E-state index contributed by atoms with van der Waals surface area (Å²) in [5, 5.41) is 10.8. The van der Waals surface area contributed by atoms with Crippen LogP contribution in [0.25, 0.3) is 22.2 Å². The van der Waals surface area contributed by atoms with Gasteiger partial charge in [0, 0.05) is 24.0 Å². The van der Waals surface area contributed by atoms with E-state index in [0.717, 1.165) is 48.4 Å². The monoisotopic (exact) mass is 360 g/mol. The number of benzene rings is 2. The van der Waals surface area contributed by atoms with Crippen molar-refractivity contribution in [2.75, 3.05) is 18.0 Å². The molecule has 0 amide bonds. The Morgan fingerprint density at radius 1 is 1.07 bits per heavy atom. The highest BCUT2D eigenvalue weighted by molar-refractivity contribution is 6.10. The van der Waals surface area contributed by atoms with Gasteiger partial charge in [-0.2, -0.15) is 0 Å². The Morgan fingerprint density at radius 3 is 2.41 bits per heavy atom. The molecule has 4 nitrogen and oxygen atoms in total. The Morgan fingerprint density at radius 2 is 1.74 bits per heavy atom.